The monoisotopic (exact) mass is 302 g/mol. The quantitative estimate of drug-likeness (QED) is 0.695. The van der Waals surface area contributed by atoms with Gasteiger partial charge in [0.2, 0.25) is 0 Å². The fourth-order valence-corrected chi connectivity index (χ4v) is 3.10. The van der Waals surface area contributed by atoms with Gasteiger partial charge in [0, 0.05) is 22.9 Å². The lowest BCUT2D eigenvalue weighted by atomic mass is 10.2. The molecule has 100 valence electrons. The van der Waals surface area contributed by atoms with Gasteiger partial charge in [0.25, 0.3) is 5.91 Å². The molecule has 0 aromatic carbocycles. The number of nitriles is 1. The van der Waals surface area contributed by atoms with Crippen LogP contribution in [0, 0.1) is 11.3 Å². The van der Waals surface area contributed by atoms with Crippen LogP contribution in [-0.2, 0) is 4.79 Å². The Morgan fingerprint density at radius 2 is 2.35 bits per heavy atom. The summed E-state index contributed by atoms with van der Waals surface area (Å²) >= 11 is 2.89. The van der Waals surface area contributed by atoms with Gasteiger partial charge in [-0.05, 0) is 18.9 Å². The summed E-state index contributed by atoms with van der Waals surface area (Å²) in [6.07, 6.45) is 5.49. The predicted molar refractivity (Wildman–Crippen MR) is 78.4 cm³/mol. The molecule has 0 bridgehead atoms. The molecule has 1 aliphatic carbocycles. The number of thiazole rings is 2. The molecule has 3 rings (SSSR count). The van der Waals surface area contributed by atoms with Gasteiger partial charge in [-0.15, -0.1) is 22.7 Å². The van der Waals surface area contributed by atoms with Crippen LogP contribution in [0.15, 0.2) is 22.5 Å². The zero-order valence-corrected chi connectivity index (χ0v) is 12.0. The highest BCUT2D eigenvalue weighted by Gasteiger charge is 2.26. The lowest BCUT2D eigenvalue weighted by Crippen LogP contribution is -2.13. The van der Waals surface area contributed by atoms with Crippen molar-refractivity contribution in [1.29, 1.82) is 5.26 Å². The summed E-state index contributed by atoms with van der Waals surface area (Å²) in [6, 6.07) is 1.91. The van der Waals surface area contributed by atoms with Crippen molar-refractivity contribution in [1.82, 2.24) is 9.97 Å². The van der Waals surface area contributed by atoms with E-state index in [2.05, 4.69) is 15.3 Å². The second-order valence-corrected chi connectivity index (χ2v) is 6.13. The lowest BCUT2D eigenvalue weighted by Gasteiger charge is -1.98. The SMILES string of the molecule is N#C/C(=C/c1csc(C2CC2)n1)C(=O)Nc1nccs1. The molecular weight excluding hydrogens is 292 g/mol. The van der Waals surface area contributed by atoms with E-state index >= 15 is 0 Å². The number of carbonyl (C=O) groups excluding carboxylic acids is 1. The topological polar surface area (TPSA) is 78.7 Å². The molecule has 0 atom stereocenters. The maximum absolute atomic E-state index is 11.9. The smallest absolute Gasteiger partial charge is 0.268 e. The summed E-state index contributed by atoms with van der Waals surface area (Å²) in [5, 5.41) is 16.9. The average Bonchev–Trinajstić information content (AvgIpc) is 2.98. The molecule has 0 aliphatic heterocycles. The molecule has 2 aromatic rings. The molecule has 0 saturated heterocycles. The van der Waals surface area contributed by atoms with E-state index in [4.69, 9.17) is 5.26 Å². The van der Waals surface area contributed by atoms with Gasteiger partial charge in [-0.25, -0.2) is 9.97 Å². The number of nitrogens with one attached hydrogen (secondary N) is 1. The van der Waals surface area contributed by atoms with Gasteiger partial charge in [0.1, 0.15) is 11.6 Å². The zero-order valence-electron chi connectivity index (χ0n) is 10.4. The standard InChI is InChI=1S/C13H10N4OS2/c14-6-9(11(18)17-13-15-3-4-19-13)5-10-7-20-12(16-10)8-1-2-8/h3-5,7-8H,1-2H2,(H,15,17,18)/b9-5-. The van der Waals surface area contributed by atoms with Crippen molar-refractivity contribution < 1.29 is 4.79 Å². The van der Waals surface area contributed by atoms with Crippen molar-refractivity contribution in [3.05, 3.63) is 33.2 Å². The molecule has 20 heavy (non-hydrogen) atoms. The van der Waals surface area contributed by atoms with Crippen LogP contribution in [0.25, 0.3) is 6.08 Å². The average molecular weight is 302 g/mol. The summed E-state index contributed by atoms with van der Waals surface area (Å²) in [7, 11) is 0. The normalized spacial score (nSPS) is 14.8. The van der Waals surface area contributed by atoms with Gasteiger partial charge in [-0.1, -0.05) is 0 Å². The maximum atomic E-state index is 11.9. The molecule has 2 heterocycles. The van der Waals surface area contributed by atoms with Crippen LogP contribution in [0.5, 0.6) is 0 Å². The largest absolute Gasteiger partial charge is 0.297 e. The third kappa shape index (κ3) is 2.92. The number of carbonyl (C=O) groups is 1. The van der Waals surface area contributed by atoms with Crippen LogP contribution < -0.4 is 5.32 Å². The van der Waals surface area contributed by atoms with E-state index in [1.807, 2.05) is 11.4 Å². The number of hydrogen-bond acceptors (Lipinski definition) is 6. The minimum atomic E-state index is -0.455. The van der Waals surface area contributed by atoms with Gasteiger partial charge >= 0.3 is 0 Å². The Hall–Kier alpha value is -2.04. The van der Waals surface area contributed by atoms with Crippen LogP contribution >= 0.6 is 22.7 Å². The first-order chi connectivity index (χ1) is 9.76. The van der Waals surface area contributed by atoms with Crippen molar-refractivity contribution in [2.24, 2.45) is 0 Å². The van der Waals surface area contributed by atoms with Gasteiger partial charge in [-0.3, -0.25) is 10.1 Å². The van der Waals surface area contributed by atoms with Crippen molar-refractivity contribution >= 4 is 39.8 Å². The Balaban J connectivity index is 1.75. The fraction of sp³-hybridized carbons (Fsp3) is 0.231. The summed E-state index contributed by atoms with van der Waals surface area (Å²) in [4.78, 5) is 20.3. The summed E-state index contributed by atoms with van der Waals surface area (Å²) in [5.41, 5.74) is 0.704. The Labute approximate surface area is 123 Å². The minimum absolute atomic E-state index is 0.0350. The molecule has 1 saturated carbocycles. The first-order valence-electron chi connectivity index (χ1n) is 6.04. The first kappa shape index (κ1) is 13.0. The molecule has 1 amide bonds. The van der Waals surface area contributed by atoms with E-state index < -0.39 is 5.91 Å². The Morgan fingerprint density at radius 3 is 3.00 bits per heavy atom. The number of hydrogen-bond donors (Lipinski definition) is 1. The van der Waals surface area contributed by atoms with Gasteiger partial charge in [0.05, 0.1) is 10.7 Å². The van der Waals surface area contributed by atoms with E-state index in [0.717, 1.165) is 5.01 Å². The van der Waals surface area contributed by atoms with Crippen LogP contribution in [0.1, 0.15) is 29.5 Å². The van der Waals surface area contributed by atoms with E-state index in [1.165, 1.54) is 30.3 Å². The molecular formula is C13H10N4OS2. The van der Waals surface area contributed by atoms with E-state index in [-0.39, 0.29) is 5.57 Å². The molecule has 0 radical (unpaired) electrons. The Bertz CT molecular complexity index is 692. The summed E-state index contributed by atoms with van der Waals surface area (Å²) in [6.45, 7) is 0. The molecule has 1 aliphatic rings. The molecule has 1 N–H and O–H groups in total. The molecule has 7 heteroatoms. The van der Waals surface area contributed by atoms with Crippen LogP contribution in [0.2, 0.25) is 0 Å². The highest BCUT2D eigenvalue weighted by molar-refractivity contribution is 7.13. The van der Waals surface area contributed by atoms with Crippen LogP contribution in [0.4, 0.5) is 5.13 Å². The number of rotatable bonds is 4. The second-order valence-electron chi connectivity index (χ2n) is 4.35. The second kappa shape index (κ2) is 5.53. The number of amides is 1. The van der Waals surface area contributed by atoms with Crippen molar-refractivity contribution in [2.75, 3.05) is 5.32 Å². The fourth-order valence-electron chi connectivity index (χ4n) is 1.63. The lowest BCUT2D eigenvalue weighted by molar-refractivity contribution is -0.112. The highest BCUT2D eigenvalue weighted by atomic mass is 32.1. The van der Waals surface area contributed by atoms with E-state index in [0.29, 0.717) is 16.7 Å². The molecule has 0 spiro atoms. The van der Waals surface area contributed by atoms with Crippen LogP contribution in [0.3, 0.4) is 0 Å². The van der Waals surface area contributed by atoms with Crippen molar-refractivity contribution in [3.63, 3.8) is 0 Å². The van der Waals surface area contributed by atoms with Crippen molar-refractivity contribution in [2.45, 2.75) is 18.8 Å². The molecule has 1 fully saturated rings. The molecule has 5 nitrogen and oxygen atoms in total. The van der Waals surface area contributed by atoms with Crippen molar-refractivity contribution in [3.8, 4) is 6.07 Å². The summed E-state index contributed by atoms with van der Waals surface area (Å²) < 4.78 is 0. The van der Waals surface area contributed by atoms with Gasteiger partial charge in [0.15, 0.2) is 5.13 Å². The third-order valence-electron chi connectivity index (χ3n) is 2.78. The predicted octanol–water partition coefficient (Wildman–Crippen LogP) is 3.02. The van der Waals surface area contributed by atoms with Gasteiger partial charge < -0.3 is 0 Å². The van der Waals surface area contributed by atoms with E-state index in [1.54, 1.807) is 22.9 Å². The zero-order chi connectivity index (χ0) is 13.9. The molecule has 2 aromatic heterocycles. The Kier molecular flexibility index (Phi) is 3.58. The minimum Gasteiger partial charge on any atom is -0.297 e. The van der Waals surface area contributed by atoms with Gasteiger partial charge in [-0.2, -0.15) is 5.26 Å². The third-order valence-corrected chi connectivity index (χ3v) is 4.49. The molecule has 0 unspecified atom stereocenters. The number of anilines is 1. The highest BCUT2D eigenvalue weighted by Crippen LogP contribution is 2.41. The first-order valence-corrected chi connectivity index (χ1v) is 7.80. The Morgan fingerprint density at radius 1 is 1.50 bits per heavy atom. The van der Waals surface area contributed by atoms with E-state index in [9.17, 15) is 4.79 Å². The van der Waals surface area contributed by atoms with Crippen LogP contribution in [-0.4, -0.2) is 15.9 Å². The maximum Gasteiger partial charge on any atom is 0.268 e. The summed E-state index contributed by atoms with van der Waals surface area (Å²) in [5.74, 6) is 0.125. The number of nitrogens with zero attached hydrogens (tertiary/aromatic N) is 3. The number of aromatic nitrogens is 2.